The van der Waals surface area contributed by atoms with E-state index in [0.717, 1.165) is 0 Å². The van der Waals surface area contributed by atoms with E-state index >= 15 is 0 Å². The molecule has 2 aliphatic rings. The highest BCUT2D eigenvalue weighted by Gasteiger charge is 2.26. The molecule has 2 aromatic carbocycles. The molecule has 4 rings (SSSR count). The fourth-order valence-corrected chi connectivity index (χ4v) is 3.13. The standard InChI is InChI=1S/C19H17FN2O4/c20-15-3-1-2-13(10-15)18(23)21-6-8-22(9-7-21)19(24)14-4-5-16-17(11-14)26-12-25-16/h1-5,10-11H,6-9,12H2. The van der Waals surface area contributed by atoms with E-state index in [1.165, 1.54) is 18.2 Å². The van der Waals surface area contributed by atoms with E-state index in [9.17, 15) is 14.0 Å². The van der Waals surface area contributed by atoms with Gasteiger partial charge in [-0.25, -0.2) is 4.39 Å². The van der Waals surface area contributed by atoms with Gasteiger partial charge in [-0.3, -0.25) is 9.59 Å². The molecule has 0 radical (unpaired) electrons. The summed E-state index contributed by atoms with van der Waals surface area (Å²) in [7, 11) is 0. The van der Waals surface area contributed by atoms with Gasteiger partial charge in [0.05, 0.1) is 0 Å². The van der Waals surface area contributed by atoms with Crippen LogP contribution in [0.1, 0.15) is 20.7 Å². The Balaban J connectivity index is 1.40. The second-order valence-corrected chi connectivity index (χ2v) is 6.16. The third kappa shape index (κ3) is 3.08. The Labute approximate surface area is 149 Å². The van der Waals surface area contributed by atoms with Crippen LogP contribution in [0.2, 0.25) is 0 Å². The lowest BCUT2D eigenvalue weighted by molar-refractivity contribution is 0.0535. The SMILES string of the molecule is O=C(c1cccc(F)c1)N1CCN(C(=O)c2ccc3c(c2)OCO3)CC1. The smallest absolute Gasteiger partial charge is 0.254 e. The van der Waals surface area contributed by atoms with Crippen molar-refractivity contribution in [1.82, 2.24) is 9.80 Å². The fraction of sp³-hybridized carbons (Fsp3) is 0.263. The quantitative estimate of drug-likeness (QED) is 0.827. The molecule has 0 aromatic heterocycles. The molecule has 0 saturated carbocycles. The molecule has 2 heterocycles. The number of amides is 2. The molecule has 0 spiro atoms. The van der Waals surface area contributed by atoms with E-state index < -0.39 is 5.82 Å². The van der Waals surface area contributed by atoms with Crippen molar-refractivity contribution < 1.29 is 23.5 Å². The summed E-state index contributed by atoms with van der Waals surface area (Å²) in [6.07, 6.45) is 0. The third-order valence-corrected chi connectivity index (χ3v) is 4.55. The number of rotatable bonds is 2. The predicted octanol–water partition coefficient (Wildman–Crippen LogP) is 2.15. The second kappa shape index (κ2) is 6.67. The summed E-state index contributed by atoms with van der Waals surface area (Å²) in [5.74, 6) is 0.427. The number of benzene rings is 2. The zero-order valence-electron chi connectivity index (χ0n) is 14.0. The van der Waals surface area contributed by atoms with Crippen molar-refractivity contribution in [2.45, 2.75) is 0 Å². The normalized spacial score (nSPS) is 15.9. The van der Waals surface area contributed by atoms with Gasteiger partial charge in [-0.15, -0.1) is 0 Å². The van der Waals surface area contributed by atoms with Gasteiger partial charge in [-0.2, -0.15) is 0 Å². The van der Waals surface area contributed by atoms with Crippen molar-refractivity contribution in [2.24, 2.45) is 0 Å². The molecule has 2 aromatic rings. The van der Waals surface area contributed by atoms with Crippen molar-refractivity contribution in [3.8, 4) is 11.5 Å². The molecule has 0 unspecified atom stereocenters. The van der Waals surface area contributed by atoms with Crippen LogP contribution in [0.4, 0.5) is 4.39 Å². The van der Waals surface area contributed by atoms with Crippen LogP contribution in [-0.4, -0.2) is 54.6 Å². The first-order chi connectivity index (χ1) is 12.6. The fourth-order valence-electron chi connectivity index (χ4n) is 3.13. The number of nitrogens with zero attached hydrogens (tertiary/aromatic N) is 2. The summed E-state index contributed by atoms with van der Waals surface area (Å²) in [4.78, 5) is 28.5. The minimum atomic E-state index is -0.438. The average molecular weight is 356 g/mol. The van der Waals surface area contributed by atoms with E-state index in [1.54, 1.807) is 34.1 Å². The molecule has 0 N–H and O–H groups in total. The summed E-state index contributed by atoms with van der Waals surface area (Å²) in [6.45, 7) is 1.83. The van der Waals surface area contributed by atoms with Gasteiger partial charge < -0.3 is 19.3 Å². The van der Waals surface area contributed by atoms with Gasteiger partial charge in [0, 0.05) is 37.3 Å². The minimum Gasteiger partial charge on any atom is -0.454 e. The van der Waals surface area contributed by atoms with Crippen LogP contribution < -0.4 is 9.47 Å². The summed E-state index contributed by atoms with van der Waals surface area (Å²) in [6, 6.07) is 10.7. The van der Waals surface area contributed by atoms with Gasteiger partial charge in [0.1, 0.15) is 5.82 Å². The maximum absolute atomic E-state index is 13.3. The zero-order valence-corrected chi connectivity index (χ0v) is 14.0. The van der Waals surface area contributed by atoms with E-state index in [-0.39, 0.29) is 18.6 Å². The lowest BCUT2D eigenvalue weighted by Crippen LogP contribution is -2.50. The van der Waals surface area contributed by atoms with Crippen LogP contribution in [0.3, 0.4) is 0 Å². The average Bonchev–Trinajstić information content (AvgIpc) is 3.15. The Kier molecular flexibility index (Phi) is 4.20. The number of hydrogen-bond acceptors (Lipinski definition) is 4. The summed E-state index contributed by atoms with van der Waals surface area (Å²) < 4.78 is 23.9. The number of piperazine rings is 1. The molecular weight excluding hydrogens is 339 g/mol. The molecule has 0 atom stereocenters. The number of hydrogen-bond donors (Lipinski definition) is 0. The Morgan fingerprint density at radius 2 is 1.42 bits per heavy atom. The van der Waals surface area contributed by atoms with Crippen LogP contribution in [0.15, 0.2) is 42.5 Å². The minimum absolute atomic E-state index is 0.110. The van der Waals surface area contributed by atoms with Crippen molar-refractivity contribution in [2.75, 3.05) is 33.0 Å². The Bertz CT molecular complexity index is 862. The first-order valence-electron chi connectivity index (χ1n) is 8.35. The molecule has 134 valence electrons. The number of ether oxygens (including phenoxy) is 2. The molecule has 26 heavy (non-hydrogen) atoms. The lowest BCUT2D eigenvalue weighted by atomic mass is 10.1. The Morgan fingerprint density at radius 3 is 2.08 bits per heavy atom. The number of fused-ring (bicyclic) bond motifs is 1. The van der Waals surface area contributed by atoms with Gasteiger partial charge >= 0.3 is 0 Å². The summed E-state index contributed by atoms with van der Waals surface area (Å²) in [5.41, 5.74) is 0.847. The van der Waals surface area contributed by atoms with Crippen molar-refractivity contribution in [3.63, 3.8) is 0 Å². The second-order valence-electron chi connectivity index (χ2n) is 6.16. The third-order valence-electron chi connectivity index (χ3n) is 4.55. The van der Waals surface area contributed by atoms with Crippen molar-refractivity contribution in [3.05, 3.63) is 59.4 Å². The molecule has 0 bridgehead atoms. The van der Waals surface area contributed by atoms with Crippen LogP contribution >= 0.6 is 0 Å². The first kappa shape index (κ1) is 16.4. The van der Waals surface area contributed by atoms with Gasteiger partial charge in [0.25, 0.3) is 11.8 Å². The zero-order chi connectivity index (χ0) is 18.1. The van der Waals surface area contributed by atoms with E-state index in [0.29, 0.717) is 48.8 Å². The van der Waals surface area contributed by atoms with Crippen LogP contribution in [0.25, 0.3) is 0 Å². The monoisotopic (exact) mass is 356 g/mol. The number of carbonyl (C=O) groups excluding carboxylic acids is 2. The lowest BCUT2D eigenvalue weighted by Gasteiger charge is -2.34. The molecule has 1 fully saturated rings. The summed E-state index contributed by atoms with van der Waals surface area (Å²) in [5, 5.41) is 0. The van der Waals surface area contributed by atoms with Gasteiger partial charge in [0.15, 0.2) is 11.5 Å². The highest BCUT2D eigenvalue weighted by atomic mass is 19.1. The molecule has 2 amide bonds. The number of halogens is 1. The van der Waals surface area contributed by atoms with E-state index in [4.69, 9.17) is 9.47 Å². The predicted molar refractivity (Wildman–Crippen MR) is 90.8 cm³/mol. The molecule has 7 heteroatoms. The largest absolute Gasteiger partial charge is 0.454 e. The maximum atomic E-state index is 13.3. The Hall–Kier alpha value is -3.09. The highest BCUT2D eigenvalue weighted by molar-refractivity contribution is 5.96. The van der Waals surface area contributed by atoms with E-state index in [2.05, 4.69) is 0 Å². The van der Waals surface area contributed by atoms with Gasteiger partial charge in [0.2, 0.25) is 6.79 Å². The van der Waals surface area contributed by atoms with Gasteiger partial charge in [-0.05, 0) is 36.4 Å². The van der Waals surface area contributed by atoms with Crippen LogP contribution in [-0.2, 0) is 0 Å². The van der Waals surface area contributed by atoms with Crippen LogP contribution in [0, 0.1) is 5.82 Å². The van der Waals surface area contributed by atoms with Crippen molar-refractivity contribution >= 4 is 11.8 Å². The van der Waals surface area contributed by atoms with E-state index in [1.807, 2.05) is 0 Å². The number of carbonyl (C=O) groups is 2. The van der Waals surface area contributed by atoms with Crippen LogP contribution in [0.5, 0.6) is 11.5 Å². The maximum Gasteiger partial charge on any atom is 0.254 e. The highest BCUT2D eigenvalue weighted by Crippen LogP contribution is 2.32. The summed E-state index contributed by atoms with van der Waals surface area (Å²) >= 11 is 0. The molecule has 6 nitrogen and oxygen atoms in total. The molecule has 1 saturated heterocycles. The molecule has 2 aliphatic heterocycles. The topological polar surface area (TPSA) is 59.1 Å². The van der Waals surface area contributed by atoms with Gasteiger partial charge in [-0.1, -0.05) is 6.07 Å². The molecular formula is C19H17FN2O4. The first-order valence-corrected chi connectivity index (χ1v) is 8.35. The molecule has 0 aliphatic carbocycles. The van der Waals surface area contributed by atoms with Crippen molar-refractivity contribution in [1.29, 1.82) is 0 Å². The Morgan fingerprint density at radius 1 is 0.808 bits per heavy atom.